The highest BCUT2D eigenvalue weighted by atomic mass is 19.1. The van der Waals surface area contributed by atoms with Crippen LogP contribution in [0.25, 0.3) is 0 Å². The molecule has 4 heteroatoms. The van der Waals surface area contributed by atoms with E-state index in [1.165, 1.54) is 13.0 Å². The fourth-order valence-corrected chi connectivity index (χ4v) is 2.45. The molecule has 1 aromatic rings. The zero-order chi connectivity index (χ0) is 13.3. The molecule has 0 aliphatic heterocycles. The number of carbonyl (C=O) groups excluding carboxylic acids is 3. The van der Waals surface area contributed by atoms with Crippen LogP contribution < -0.4 is 0 Å². The van der Waals surface area contributed by atoms with Gasteiger partial charge in [0.05, 0.1) is 0 Å². The molecule has 0 heterocycles. The lowest BCUT2D eigenvalue weighted by molar-refractivity contribution is -0.141. The molecule has 0 spiro atoms. The zero-order valence-electron chi connectivity index (χ0n) is 9.98. The summed E-state index contributed by atoms with van der Waals surface area (Å²) in [6.07, 6.45) is 0.105. The first kappa shape index (κ1) is 12.6. The lowest BCUT2D eigenvalue weighted by atomic mass is 9.75. The van der Waals surface area contributed by atoms with Gasteiger partial charge in [-0.3, -0.25) is 14.4 Å². The molecular formula is C14H13FO3. The van der Waals surface area contributed by atoms with Gasteiger partial charge in [-0.25, -0.2) is 4.39 Å². The Bertz CT molecular complexity index is 504. The minimum Gasteiger partial charge on any atom is -0.299 e. The Kier molecular flexibility index (Phi) is 3.36. The highest BCUT2D eigenvalue weighted by molar-refractivity contribution is 6.20. The van der Waals surface area contributed by atoms with Crippen molar-refractivity contribution < 1.29 is 18.8 Å². The Labute approximate surface area is 104 Å². The molecule has 0 amide bonds. The van der Waals surface area contributed by atoms with Crippen molar-refractivity contribution in [3.8, 4) is 0 Å². The van der Waals surface area contributed by atoms with Crippen LogP contribution >= 0.6 is 0 Å². The van der Waals surface area contributed by atoms with Crippen molar-refractivity contribution in [2.45, 2.75) is 25.7 Å². The second kappa shape index (κ2) is 4.80. The molecule has 1 aromatic carbocycles. The summed E-state index contributed by atoms with van der Waals surface area (Å²) < 4.78 is 13.6. The van der Waals surface area contributed by atoms with Crippen LogP contribution in [0.4, 0.5) is 4.39 Å². The van der Waals surface area contributed by atoms with Crippen LogP contribution in [0.2, 0.25) is 0 Å². The minimum absolute atomic E-state index is 0.0525. The molecule has 3 nitrogen and oxygen atoms in total. The third-order valence-electron chi connectivity index (χ3n) is 3.29. The third kappa shape index (κ3) is 2.23. The van der Waals surface area contributed by atoms with Gasteiger partial charge in [-0.05, 0) is 18.6 Å². The van der Waals surface area contributed by atoms with Crippen molar-refractivity contribution in [2.75, 3.05) is 0 Å². The van der Waals surface area contributed by atoms with Crippen LogP contribution in [0.15, 0.2) is 24.3 Å². The first-order chi connectivity index (χ1) is 8.50. The summed E-state index contributed by atoms with van der Waals surface area (Å²) in [7, 11) is 0. The summed E-state index contributed by atoms with van der Waals surface area (Å²) >= 11 is 0. The van der Waals surface area contributed by atoms with Gasteiger partial charge in [-0.1, -0.05) is 18.2 Å². The Morgan fingerprint density at radius 3 is 2.22 bits per heavy atom. The molecule has 94 valence electrons. The molecule has 0 aromatic heterocycles. The Morgan fingerprint density at radius 2 is 1.72 bits per heavy atom. The molecule has 0 N–H and O–H groups in total. The number of ketones is 3. The lowest BCUT2D eigenvalue weighted by Crippen LogP contribution is -2.37. The number of halogens is 1. The van der Waals surface area contributed by atoms with Crippen LogP contribution in [0, 0.1) is 11.7 Å². The van der Waals surface area contributed by atoms with Gasteiger partial charge in [-0.15, -0.1) is 0 Å². The van der Waals surface area contributed by atoms with E-state index < -0.39 is 35.0 Å². The van der Waals surface area contributed by atoms with Gasteiger partial charge in [0.15, 0.2) is 11.6 Å². The van der Waals surface area contributed by atoms with E-state index in [1.54, 1.807) is 18.2 Å². The van der Waals surface area contributed by atoms with Crippen molar-refractivity contribution in [3.63, 3.8) is 0 Å². The lowest BCUT2D eigenvalue weighted by Gasteiger charge is -2.25. The zero-order valence-corrected chi connectivity index (χ0v) is 9.98. The van der Waals surface area contributed by atoms with E-state index in [4.69, 9.17) is 0 Å². The van der Waals surface area contributed by atoms with Gasteiger partial charge in [-0.2, -0.15) is 0 Å². The Hall–Kier alpha value is -1.84. The second-order valence-electron chi connectivity index (χ2n) is 4.60. The highest BCUT2D eigenvalue weighted by Gasteiger charge is 2.39. The van der Waals surface area contributed by atoms with E-state index in [0.29, 0.717) is 5.56 Å². The van der Waals surface area contributed by atoms with Crippen molar-refractivity contribution in [1.29, 1.82) is 0 Å². The molecule has 1 fully saturated rings. The average molecular weight is 248 g/mol. The first-order valence-corrected chi connectivity index (χ1v) is 5.81. The summed E-state index contributed by atoms with van der Waals surface area (Å²) in [6, 6.07) is 6.12. The number of rotatable bonds is 2. The monoisotopic (exact) mass is 248 g/mol. The minimum atomic E-state index is -1.13. The fraction of sp³-hybridized carbons (Fsp3) is 0.357. The molecule has 0 radical (unpaired) electrons. The van der Waals surface area contributed by atoms with Gasteiger partial charge < -0.3 is 0 Å². The van der Waals surface area contributed by atoms with Crippen LogP contribution in [-0.2, 0) is 14.4 Å². The molecule has 18 heavy (non-hydrogen) atoms. The summed E-state index contributed by atoms with van der Waals surface area (Å²) in [5.74, 6) is -3.20. The largest absolute Gasteiger partial charge is 0.299 e. The van der Waals surface area contributed by atoms with E-state index in [9.17, 15) is 18.8 Å². The average Bonchev–Trinajstić information content (AvgIpc) is 2.27. The maximum Gasteiger partial charge on any atom is 0.151 e. The molecule has 1 aliphatic rings. The quantitative estimate of drug-likeness (QED) is 0.752. The van der Waals surface area contributed by atoms with Gasteiger partial charge in [0.2, 0.25) is 0 Å². The normalized spacial score (nSPS) is 24.1. The van der Waals surface area contributed by atoms with Crippen molar-refractivity contribution in [3.05, 3.63) is 35.6 Å². The standard InChI is InChI=1S/C14H13FO3/c1-8(16)14-12(17)6-9(7-13(14)18)10-4-2-3-5-11(10)15/h2-5,9,14H,6-7H2,1H3. The molecule has 0 saturated heterocycles. The number of carbonyl (C=O) groups is 3. The SMILES string of the molecule is CC(=O)C1C(=O)CC(c2ccccc2F)CC1=O. The predicted molar refractivity (Wildman–Crippen MR) is 62.6 cm³/mol. The van der Waals surface area contributed by atoms with Gasteiger partial charge in [0, 0.05) is 18.8 Å². The van der Waals surface area contributed by atoms with Gasteiger partial charge in [0.25, 0.3) is 0 Å². The number of hydrogen-bond acceptors (Lipinski definition) is 3. The molecule has 0 unspecified atom stereocenters. The molecule has 1 aliphatic carbocycles. The summed E-state index contributed by atoms with van der Waals surface area (Å²) in [4.78, 5) is 34.8. The van der Waals surface area contributed by atoms with Crippen molar-refractivity contribution in [2.24, 2.45) is 5.92 Å². The summed E-state index contributed by atoms with van der Waals surface area (Å²) in [5.41, 5.74) is 0.376. The summed E-state index contributed by atoms with van der Waals surface area (Å²) in [5, 5.41) is 0. The molecular weight excluding hydrogens is 235 g/mol. The smallest absolute Gasteiger partial charge is 0.151 e. The van der Waals surface area contributed by atoms with E-state index in [1.807, 2.05) is 0 Å². The maximum absolute atomic E-state index is 13.6. The number of benzene rings is 1. The topological polar surface area (TPSA) is 51.2 Å². The van der Waals surface area contributed by atoms with Crippen LogP contribution in [0.3, 0.4) is 0 Å². The summed E-state index contributed by atoms with van der Waals surface area (Å²) in [6.45, 7) is 1.24. The van der Waals surface area contributed by atoms with Gasteiger partial charge in [0.1, 0.15) is 17.5 Å². The van der Waals surface area contributed by atoms with Crippen LogP contribution in [0.5, 0.6) is 0 Å². The van der Waals surface area contributed by atoms with E-state index in [2.05, 4.69) is 0 Å². The van der Waals surface area contributed by atoms with Crippen LogP contribution in [0.1, 0.15) is 31.2 Å². The predicted octanol–water partition coefficient (Wildman–Crippen LogP) is 2.05. The number of hydrogen-bond donors (Lipinski definition) is 0. The van der Waals surface area contributed by atoms with Crippen molar-refractivity contribution >= 4 is 17.3 Å². The fourth-order valence-electron chi connectivity index (χ4n) is 2.45. The van der Waals surface area contributed by atoms with Crippen LogP contribution in [-0.4, -0.2) is 17.3 Å². The third-order valence-corrected chi connectivity index (χ3v) is 3.29. The number of Topliss-reactive ketones (excluding diaryl/α,β-unsaturated/α-hetero) is 3. The molecule has 0 bridgehead atoms. The highest BCUT2D eigenvalue weighted by Crippen LogP contribution is 2.33. The Morgan fingerprint density at radius 1 is 1.17 bits per heavy atom. The molecule has 2 rings (SSSR count). The van der Waals surface area contributed by atoms with E-state index in [0.717, 1.165) is 0 Å². The van der Waals surface area contributed by atoms with E-state index in [-0.39, 0.29) is 12.8 Å². The van der Waals surface area contributed by atoms with Gasteiger partial charge >= 0.3 is 0 Å². The maximum atomic E-state index is 13.6. The molecule has 1 saturated carbocycles. The second-order valence-corrected chi connectivity index (χ2v) is 4.60. The van der Waals surface area contributed by atoms with E-state index >= 15 is 0 Å². The van der Waals surface area contributed by atoms with Crippen molar-refractivity contribution in [1.82, 2.24) is 0 Å². The Balaban J connectivity index is 2.26. The first-order valence-electron chi connectivity index (χ1n) is 5.81. The molecule has 0 atom stereocenters.